The maximum atomic E-state index is 5.33. The number of thiol groups is 1. The van der Waals surface area contributed by atoms with Gasteiger partial charge >= 0.3 is 0 Å². The van der Waals surface area contributed by atoms with Crippen LogP contribution in [0.3, 0.4) is 0 Å². The normalized spacial score (nSPS) is 13.8. The fraction of sp³-hybridized carbons (Fsp3) is 0.235. The molecule has 2 aromatic carbocycles. The van der Waals surface area contributed by atoms with Gasteiger partial charge in [-0.05, 0) is 23.5 Å². The van der Waals surface area contributed by atoms with Gasteiger partial charge in [0, 0.05) is 5.92 Å². The molecular weight excluding hydrogens is 268 g/mol. The molecule has 2 aromatic rings. The second-order valence-corrected chi connectivity index (χ2v) is 6.07. The Kier molecular flexibility index (Phi) is 5.17. The highest BCUT2D eigenvalue weighted by Gasteiger charge is 2.18. The van der Waals surface area contributed by atoms with E-state index in [1.807, 2.05) is 12.1 Å². The zero-order chi connectivity index (χ0) is 13.7. The minimum atomic E-state index is 0.231. The van der Waals surface area contributed by atoms with Crippen LogP contribution < -0.4 is 0 Å². The Hall–Kier alpha value is -1.12. The van der Waals surface area contributed by atoms with E-state index >= 15 is 0 Å². The summed E-state index contributed by atoms with van der Waals surface area (Å²) >= 11 is 9.75. The van der Waals surface area contributed by atoms with Gasteiger partial charge in [-0.3, -0.25) is 0 Å². The highest BCUT2D eigenvalue weighted by Crippen LogP contribution is 2.31. The standard InChI is InChI=1S/C17H18S2/c1-13(14-8-4-2-5-9-14)12-16(17(18)19)15-10-6-3-7-11-15/h2-11,13,16H,12H2,1H3,(H,18,19). The highest BCUT2D eigenvalue weighted by molar-refractivity contribution is 8.11. The van der Waals surface area contributed by atoms with Crippen LogP contribution in [-0.2, 0) is 0 Å². The molecule has 0 amide bonds. The fourth-order valence-corrected chi connectivity index (χ4v) is 2.82. The summed E-state index contributed by atoms with van der Waals surface area (Å²) in [5.74, 6) is 0.700. The first-order valence-corrected chi connectivity index (χ1v) is 7.36. The quantitative estimate of drug-likeness (QED) is 0.580. The van der Waals surface area contributed by atoms with Crippen LogP contribution in [0.1, 0.15) is 36.3 Å². The van der Waals surface area contributed by atoms with Crippen LogP contribution in [0.15, 0.2) is 60.7 Å². The smallest absolute Gasteiger partial charge is 0.0523 e. The van der Waals surface area contributed by atoms with Crippen molar-refractivity contribution in [1.82, 2.24) is 0 Å². The second-order valence-electron chi connectivity index (χ2n) is 4.85. The van der Waals surface area contributed by atoms with Gasteiger partial charge in [0.05, 0.1) is 4.20 Å². The summed E-state index contributed by atoms with van der Waals surface area (Å²) in [5, 5.41) is 0. The minimum absolute atomic E-state index is 0.231. The molecule has 2 atom stereocenters. The lowest BCUT2D eigenvalue weighted by Crippen LogP contribution is -2.09. The largest absolute Gasteiger partial charge is 0.136 e. The third-order valence-corrected chi connectivity index (χ3v) is 4.05. The third-order valence-electron chi connectivity index (χ3n) is 3.46. The molecule has 0 spiro atoms. The van der Waals surface area contributed by atoms with E-state index in [4.69, 9.17) is 12.2 Å². The Bertz CT molecular complexity index is 519. The van der Waals surface area contributed by atoms with Gasteiger partial charge in [0.25, 0.3) is 0 Å². The van der Waals surface area contributed by atoms with Crippen molar-refractivity contribution in [1.29, 1.82) is 0 Å². The molecule has 2 unspecified atom stereocenters. The first-order chi connectivity index (χ1) is 9.18. The molecule has 0 radical (unpaired) electrons. The molecular formula is C17H18S2. The average molecular weight is 286 g/mol. The molecule has 0 aliphatic rings. The van der Waals surface area contributed by atoms with E-state index in [-0.39, 0.29) is 5.92 Å². The maximum absolute atomic E-state index is 5.33. The lowest BCUT2D eigenvalue weighted by molar-refractivity contribution is 0.655. The van der Waals surface area contributed by atoms with Crippen LogP contribution in [0.4, 0.5) is 0 Å². The van der Waals surface area contributed by atoms with Crippen molar-refractivity contribution in [3.8, 4) is 0 Å². The number of hydrogen-bond acceptors (Lipinski definition) is 1. The molecule has 0 nitrogen and oxygen atoms in total. The van der Waals surface area contributed by atoms with Gasteiger partial charge in [-0.25, -0.2) is 0 Å². The van der Waals surface area contributed by atoms with E-state index in [1.165, 1.54) is 11.1 Å². The van der Waals surface area contributed by atoms with Gasteiger partial charge < -0.3 is 0 Å². The number of hydrogen-bond donors (Lipinski definition) is 1. The van der Waals surface area contributed by atoms with E-state index in [2.05, 4.69) is 68.1 Å². The Balaban J connectivity index is 2.16. The summed E-state index contributed by atoms with van der Waals surface area (Å²) in [4.78, 5) is 0. The molecule has 0 N–H and O–H groups in total. The van der Waals surface area contributed by atoms with Crippen molar-refractivity contribution in [2.75, 3.05) is 0 Å². The topological polar surface area (TPSA) is 0 Å². The van der Waals surface area contributed by atoms with Gasteiger partial charge in [-0.2, -0.15) is 0 Å². The molecule has 0 saturated carbocycles. The minimum Gasteiger partial charge on any atom is -0.136 e. The van der Waals surface area contributed by atoms with E-state index in [9.17, 15) is 0 Å². The second kappa shape index (κ2) is 6.88. The maximum Gasteiger partial charge on any atom is 0.0523 e. The SMILES string of the molecule is CC(CC(C(=S)S)c1ccccc1)c1ccccc1. The van der Waals surface area contributed by atoms with Crippen molar-refractivity contribution in [3.05, 3.63) is 71.8 Å². The van der Waals surface area contributed by atoms with Crippen molar-refractivity contribution >= 4 is 29.0 Å². The summed E-state index contributed by atoms with van der Waals surface area (Å²) in [5.41, 5.74) is 2.61. The van der Waals surface area contributed by atoms with Gasteiger partial charge in [0.2, 0.25) is 0 Å². The summed E-state index contributed by atoms with van der Waals surface area (Å²) in [6.45, 7) is 2.25. The third kappa shape index (κ3) is 3.92. The van der Waals surface area contributed by atoms with Crippen LogP contribution in [0.25, 0.3) is 0 Å². The predicted octanol–water partition coefficient (Wildman–Crippen LogP) is 5.22. The van der Waals surface area contributed by atoms with E-state index in [0.29, 0.717) is 5.92 Å². The predicted molar refractivity (Wildman–Crippen MR) is 90.2 cm³/mol. The fourth-order valence-electron chi connectivity index (χ4n) is 2.34. The Morgan fingerprint density at radius 3 is 1.89 bits per heavy atom. The van der Waals surface area contributed by atoms with Gasteiger partial charge in [0.1, 0.15) is 0 Å². The van der Waals surface area contributed by atoms with Gasteiger partial charge in [-0.1, -0.05) is 79.8 Å². The molecule has 0 fully saturated rings. The van der Waals surface area contributed by atoms with Crippen LogP contribution in [0, 0.1) is 0 Å². The molecule has 0 aliphatic carbocycles. The number of benzene rings is 2. The summed E-state index contributed by atoms with van der Waals surface area (Å²) < 4.78 is 0.772. The highest BCUT2D eigenvalue weighted by atomic mass is 32.1. The van der Waals surface area contributed by atoms with Crippen LogP contribution in [0.2, 0.25) is 0 Å². The molecule has 19 heavy (non-hydrogen) atoms. The zero-order valence-electron chi connectivity index (χ0n) is 11.0. The van der Waals surface area contributed by atoms with E-state index in [1.54, 1.807) is 0 Å². The van der Waals surface area contributed by atoms with E-state index < -0.39 is 0 Å². The van der Waals surface area contributed by atoms with Crippen LogP contribution >= 0.6 is 24.8 Å². The Morgan fingerprint density at radius 1 is 0.947 bits per heavy atom. The Morgan fingerprint density at radius 2 is 1.42 bits per heavy atom. The number of thiocarbonyl (C=S) groups is 1. The first kappa shape index (κ1) is 14.3. The summed E-state index contributed by atoms with van der Waals surface area (Å²) in [6, 6.07) is 21.0. The first-order valence-electron chi connectivity index (χ1n) is 6.51. The molecule has 0 heterocycles. The molecule has 0 aromatic heterocycles. The Labute approximate surface area is 126 Å². The molecule has 2 heteroatoms. The monoisotopic (exact) mass is 286 g/mol. The van der Waals surface area contributed by atoms with Crippen LogP contribution in [-0.4, -0.2) is 4.20 Å². The molecule has 2 rings (SSSR count). The van der Waals surface area contributed by atoms with Crippen molar-refractivity contribution in [2.24, 2.45) is 0 Å². The molecule has 98 valence electrons. The lowest BCUT2D eigenvalue weighted by Gasteiger charge is -2.20. The van der Waals surface area contributed by atoms with Crippen LogP contribution in [0.5, 0.6) is 0 Å². The number of rotatable bonds is 5. The zero-order valence-corrected chi connectivity index (χ0v) is 12.7. The van der Waals surface area contributed by atoms with E-state index in [0.717, 1.165) is 10.6 Å². The summed E-state index contributed by atoms with van der Waals surface area (Å²) in [7, 11) is 0. The molecule has 0 saturated heterocycles. The molecule has 0 bridgehead atoms. The summed E-state index contributed by atoms with van der Waals surface area (Å²) in [6.07, 6.45) is 0.996. The van der Waals surface area contributed by atoms with Gasteiger partial charge in [0.15, 0.2) is 0 Å². The van der Waals surface area contributed by atoms with Gasteiger partial charge in [-0.15, -0.1) is 12.6 Å². The average Bonchev–Trinajstić information content (AvgIpc) is 2.46. The van der Waals surface area contributed by atoms with Crippen molar-refractivity contribution in [2.45, 2.75) is 25.2 Å². The van der Waals surface area contributed by atoms with Crippen molar-refractivity contribution in [3.63, 3.8) is 0 Å². The van der Waals surface area contributed by atoms with Crippen molar-refractivity contribution < 1.29 is 0 Å². The molecule has 0 aliphatic heterocycles. The lowest BCUT2D eigenvalue weighted by atomic mass is 9.87.